The number of aromatic nitrogens is 1. The molecular weight excluding hydrogens is 463 g/mol. The quantitative estimate of drug-likeness (QED) is 0.309. The van der Waals surface area contributed by atoms with Crippen molar-refractivity contribution < 1.29 is 28.2 Å². The van der Waals surface area contributed by atoms with Crippen LogP contribution < -0.4 is 14.8 Å². The average molecular weight is 491 g/mol. The standard InChI is InChI=1S/C28H27FN2O5/c1-28(2,16-36-27(33)20-15-30-22-7-5-6-21(29)25(20)22)18-9-11-19(12-10-18)31-26(32)17-8-13-23(34-3)24(14-17)35-4/h5-15,30H,16H2,1-4H3,(H,31,32). The number of methoxy groups -OCH3 is 2. The van der Waals surface area contributed by atoms with E-state index in [9.17, 15) is 14.0 Å². The van der Waals surface area contributed by atoms with E-state index in [-0.39, 0.29) is 23.5 Å². The van der Waals surface area contributed by atoms with E-state index >= 15 is 0 Å². The third-order valence-corrected chi connectivity index (χ3v) is 6.01. The molecule has 0 aliphatic carbocycles. The van der Waals surface area contributed by atoms with Gasteiger partial charge < -0.3 is 24.5 Å². The molecule has 0 fully saturated rings. The largest absolute Gasteiger partial charge is 0.493 e. The molecule has 1 aromatic heterocycles. The highest BCUT2D eigenvalue weighted by Gasteiger charge is 2.25. The van der Waals surface area contributed by atoms with E-state index in [0.29, 0.717) is 28.3 Å². The third-order valence-electron chi connectivity index (χ3n) is 6.01. The van der Waals surface area contributed by atoms with Gasteiger partial charge in [0.25, 0.3) is 5.91 Å². The topological polar surface area (TPSA) is 89.6 Å². The molecule has 7 nitrogen and oxygen atoms in total. The Labute approximate surface area is 208 Å². The molecule has 186 valence electrons. The van der Waals surface area contributed by atoms with Crippen LogP contribution in [-0.2, 0) is 10.2 Å². The minimum Gasteiger partial charge on any atom is -0.493 e. The minimum atomic E-state index is -0.599. The Hall–Kier alpha value is -4.33. The number of carbonyl (C=O) groups is 2. The maximum absolute atomic E-state index is 14.2. The maximum atomic E-state index is 14.2. The summed E-state index contributed by atoms with van der Waals surface area (Å²) in [6.45, 7) is 3.96. The first kappa shape index (κ1) is 24.8. The molecule has 2 N–H and O–H groups in total. The molecule has 0 aliphatic heterocycles. The summed E-state index contributed by atoms with van der Waals surface area (Å²) >= 11 is 0. The van der Waals surface area contributed by atoms with Crippen LogP contribution in [0, 0.1) is 5.82 Å². The molecule has 0 bridgehead atoms. The van der Waals surface area contributed by atoms with Gasteiger partial charge in [-0.3, -0.25) is 4.79 Å². The van der Waals surface area contributed by atoms with Gasteiger partial charge in [-0.2, -0.15) is 0 Å². The number of ether oxygens (including phenoxy) is 3. The lowest BCUT2D eigenvalue weighted by Gasteiger charge is -2.25. The predicted octanol–water partition coefficient (Wildman–Crippen LogP) is 5.71. The van der Waals surface area contributed by atoms with Gasteiger partial charge >= 0.3 is 5.97 Å². The monoisotopic (exact) mass is 490 g/mol. The number of anilines is 1. The highest BCUT2D eigenvalue weighted by Crippen LogP contribution is 2.29. The Morgan fingerprint density at radius 1 is 0.972 bits per heavy atom. The van der Waals surface area contributed by atoms with E-state index in [4.69, 9.17) is 14.2 Å². The van der Waals surface area contributed by atoms with Crippen molar-refractivity contribution in [3.05, 3.63) is 89.4 Å². The number of esters is 1. The highest BCUT2D eigenvalue weighted by atomic mass is 19.1. The molecule has 0 radical (unpaired) electrons. The summed E-state index contributed by atoms with van der Waals surface area (Å²) in [5, 5.41) is 3.07. The molecule has 1 heterocycles. The number of carbonyl (C=O) groups excluding carboxylic acids is 2. The van der Waals surface area contributed by atoms with Crippen molar-refractivity contribution in [1.82, 2.24) is 4.98 Å². The number of hydrogen-bond acceptors (Lipinski definition) is 5. The summed E-state index contributed by atoms with van der Waals surface area (Å²) < 4.78 is 30.2. The predicted molar refractivity (Wildman–Crippen MR) is 136 cm³/mol. The van der Waals surface area contributed by atoms with Crippen LogP contribution in [0.15, 0.2) is 66.9 Å². The number of rotatable bonds is 8. The van der Waals surface area contributed by atoms with Crippen LogP contribution in [0.5, 0.6) is 11.5 Å². The molecule has 36 heavy (non-hydrogen) atoms. The molecule has 0 saturated heterocycles. The third kappa shape index (κ3) is 5.02. The number of aromatic amines is 1. The van der Waals surface area contributed by atoms with Gasteiger partial charge in [0.2, 0.25) is 0 Å². The minimum absolute atomic E-state index is 0.0876. The van der Waals surface area contributed by atoms with E-state index in [1.165, 1.54) is 26.5 Å². The molecule has 3 aromatic carbocycles. The molecule has 0 aliphatic rings. The van der Waals surface area contributed by atoms with Crippen molar-refractivity contribution in [1.29, 1.82) is 0 Å². The van der Waals surface area contributed by atoms with Gasteiger partial charge in [0.05, 0.1) is 19.8 Å². The van der Waals surface area contributed by atoms with Crippen molar-refractivity contribution in [2.24, 2.45) is 0 Å². The van der Waals surface area contributed by atoms with E-state index in [1.54, 1.807) is 42.5 Å². The van der Waals surface area contributed by atoms with Crippen molar-refractivity contribution in [2.45, 2.75) is 19.3 Å². The van der Waals surface area contributed by atoms with Crippen molar-refractivity contribution in [3.8, 4) is 11.5 Å². The van der Waals surface area contributed by atoms with Gasteiger partial charge in [0.1, 0.15) is 12.4 Å². The Morgan fingerprint density at radius 3 is 2.39 bits per heavy atom. The molecule has 0 saturated carbocycles. The molecule has 4 rings (SSSR count). The van der Waals surface area contributed by atoms with Gasteiger partial charge in [-0.05, 0) is 48.0 Å². The summed E-state index contributed by atoms with van der Waals surface area (Å²) in [6, 6.07) is 16.8. The fourth-order valence-corrected chi connectivity index (χ4v) is 3.89. The smallest absolute Gasteiger partial charge is 0.340 e. The fraction of sp³-hybridized carbons (Fsp3) is 0.214. The SMILES string of the molecule is COc1ccc(C(=O)Nc2ccc(C(C)(C)COC(=O)c3c[nH]c4cccc(F)c34)cc2)cc1OC. The van der Waals surface area contributed by atoms with Crippen LogP contribution >= 0.6 is 0 Å². The van der Waals surface area contributed by atoms with Crippen LogP contribution in [-0.4, -0.2) is 37.7 Å². The Kier molecular flexibility index (Phi) is 6.96. The van der Waals surface area contributed by atoms with Crippen LogP contribution in [0.3, 0.4) is 0 Å². The second kappa shape index (κ2) is 10.1. The zero-order valence-electron chi connectivity index (χ0n) is 20.5. The number of nitrogens with one attached hydrogen (secondary N) is 2. The fourth-order valence-electron chi connectivity index (χ4n) is 3.89. The van der Waals surface area contributed by atoms with Crippen molar-refractivity contribution >= 4 is 28.5 Å². The summed E-state index contributed by atoms with van der Waals surface area (Å²) in [4.78, 5) is 28.2. The average Bonchev–Trinajstić information content (AvgIpc) is 3.33. The van der Waals surface area contributed by atoms with Gasteiger partial charge in [0.15, 0.2) is 11.5 Å². The zero-order chi connectivity index (χ0) is 25.9. The van der Waals surface area contributed by atoms with Crippen LogP contribution in [0.25, 0.3) is 10.9 Å². The molecule has 0 unspecified atom stereocenters. The Morgan fingerprint density at radius 2 is 1.69 bits per heavy atom. The molecule has 1 amide bonds. The lowest BCUT2D eigenvalue weighted by molar-refractivity contribution is 0.0429. The zero-order valence-corrected chi connectivity index (χ0v) is 20.5. The number of fused-ring (bicyclic) bond motifs is 1. The second-order valence-electron chi connectivity index (χ2n) is 8.93. The van der Waals surface area contributed by atoms with Gasteiger partial charge in [-0.25, -0.2) is 9.18 Å². The summed E-state index contributed by atoms with van der Waals surface area (Å²) in [7, 11) is 3.04. The van der Waals surface area contributed by atoms with Gasteiger partial charge in [0, 0.05) is 33.8 Å². The molecule has 0 atom stereocenters. The van der Waals surface area contributed by atoms with E-state index in [1.807, 2.05) is 26.0 Å². The van der Waals surface area contributed by atoms with E-state index in [2.05, 4.69) is 10.3 Å². The number of halogens is 1. The number of H-pyrrole nitrogens is 1. The second-order valence-corrected chi connectivity index (χ2v) is 8.93. The Balaban J connectivity index is 1.41. The first-order chi connectivity index (χ1) is 17.2. The summed E-state index contributed by atoms with van der Waals surface area (Å²) in [6.07, 6.45) is 1.46. The van der Waals surface area contributed by atoms with Gasteiger partial charge in [-0.15, -0.1) is 0 Å². The van der Waals surface area contributed by atoms with E-state index in [0.717, 1.165) is 5.56 Å². The first-order valence-corrected chi connectivity index (χ1v) is 11.3. The molecule has 8 heteroatoms. The number of benzene rings is 3. The van der Waals surface area contributed by atoms with Gasteiger partial charge in [-0.1, -0.05) is 32.0 Å². The molecule has 0 spiro atoms. The number of amides is 1. The highest BCUT2D eigenvalue weighted by molar-refractivity contribution is 6.05. The maximum Gasteiger partial charge on any atom is 0.340 e. The lowest BCUT2D eigenvalue weighted by Crippen LogP contribution is -2.26. The molecular formula is C28H27FN2O5. The first-order valence-electron chi connectivity index (χ1n) is 11.3. The van der Waals surface area contributed by atoms with Crippen LogP contribution in [0.2, 0.25) is 0 Å². The summed E-state index contributed by atoms with van der Waals surface area (Å²) in [5.41, 5.74) is 2.12. The van der Waals surface area contributed by atoms with Crippen molar-refractivity contribution in [2.75, 3.05) is 26.1 Å². The number of hydrogen-bond donors (Lipinski definition) is 2. The lowest BCUT2D eigenvalue weighted by atomic mass is 9.85. The van der Waals surface area contributed by atoms with Crippen molar-refractivity contribution in [3.63, 3.8) is 0 Å². The normalized spacial score (nSPS) is 11.2. The summed E-state index contributed by atoms with van der Waals surface area (Å²) in [5.74, 6) is -0.366. The van der Waals surface area contributed by atoms with E-state index < -0.39 is 17.2 Å². The molecule has 4 aromatic rings. The van der Waals surface area contributed by atoms with Crippen LogP contribution in [0.1, 0.15) is 40.1 Å². The van der Waals surface area contributed by atoms with Crippen LogP contribution in [0.4, 0.5) is 10.1 Å². The Bertz CT molecular complexity index is 1410.